The molecule has 0 radical (unpaired) electrons. The fourth-order valence-electron chi connectivity index (χ4n) is 3.83. The summed E-state index contributed by atoms with van der Waals surface area (Å²) in [5.41, 5.74) is 4.07. The van der Waals surface area contributed by atoms with E-state index in [4.69, 9.17) is 0 Å². The summed E-state index contributed by atoms with van der Waals surface area (Å²) >= 11 is 0. The Bertz CT molecular complexity index is 1450. The molecule has 7 nitrogen and oxygen atoms in total. The lowest BCUT2D eigenvalue weighted by molar-refractivity contribution is -0.138. The summed E-state index contributed by atoms with van der Waals surface area (Å²) in [5, 5.41) is 12.9. The van der Waals surface area contributed by atoms with Crippen LogP contribution in [-0.2, 0) is 33.5 Å². The van der Waals surface area contributed by atoms with Gasteiger partial charge in [0.05, 0.1) is 5.75 Å². The van der Waals surface area contributed by atoms with Gasteiger partial charge in [0.1, 0.15) is 17.7 Å². The first-order chi connectivity index (χ1) is 17.8. The van der Waals surface area contributed by atoms with Crippen molar-refractivity contribution in [2.75, 3.05) is 5.32 Å². The van der Waals surface area contributed by atoms with Crippen LogP contribution in [0.5, 0.6) is 0 Å². The minimum atomic E-state index is -3.96. The Morgan fingerprint density at radius 1 is 0.865 bits per heavy atom. The van der Waals surface area contributed by atoms with Crippen molar-refractivity contribution in [2.45, 2.75) is 24.8 Å². The van der Waals surface area contributed by atoms with Crippen LogP contribution >= 0.6 is 0 Å². The molecule has 1 heterocycles. The molecule has 9 heteroatoms. The molecule has 4 rings (SSSR count). The number of sulfonamides is 1. The number of nitrogens with zero attached hydrogens (tertiary/aromatic N) is 1. The van der Waals surface area contributed by atoms with Crippen LogP contribution in [0, 0.1) is 5.82 Å². The van der Waals surface area contributed by atoms with Crippen LogP contribution in [0.2, 0.25) is 0 Å². The summed E-state index contributed by atoms with van der Waals surface area (Å²) < 4.78 is 40.4. The van der Waals surface area contributed by atoms with Crippen molar-refractivity contribution < 1.29 is 22.7 Å². The van der Waals surface area contributed by atoms with Gasteiger partial charge in [-0.1, -0.05) is 60.7 Å². The average Bonchev–Trinajstić information content (AvgIpc) is 2.89. The quantitative estimate of drug-likeness (QED) is 0.267. The molecule has 0 fully saturated rings. The van der Waals surface area contributed by atoms with Gasteiger partial charge in [0.25, 0.3) is 0 Å². The molecular formula is C28H26FN3O4S. The van der Waals surface area contributed by atoms with Crippen LogP contribution in [0.25, 0.3) is 11.1 Å². The number of carboxylic acids is 1. The van der Waals surface area contributed by atoms with E-state index >= 15 is 0 Å². The van der Waals surface area contributed by atoms with E-state index in [0.717, 1.165) is 34.6 Å². The fourth-order valence-corrected chi connectivity index (χ4v) is 5.16. The van der Waals surface area contributed by atoms with Gasteiger partial charge in [0, 0.05) is 12.7 Å². The van der Waals surface area contributed by atoms with Crippen LogP contribution in [0.3, 0.4) is 0 Å². The van der Waals surface area contributed by atoms with E-state index in [-0.39, 0.29) is 6.42 Å². The lowest BCUT2D eigenvalue weighted by Gasteiger charge is -2.15. The molecule has 1 atom stereocenters. The second kappa shape index (κ2) is 11.8. The van der Waals surface area contributed by atoms with E-state index in [1.165, 1.54) is 12.1 Å². The molecule has 190 valence electrons. The summed E-state index contributed by atoms with van der Waals surface area (Å²) in [6.45, 7) is 0.612. The first-order valence-corrected chi connectivity index (χ1v) is 13.2. The Morgan fingerprint density at radius 3 is 2.27 bits per heavy atom. The Morgan fingerprint density at radius 2 is 1.59 bits per heavy atom. The Balaban J connectivity index is 1.40. The molecule has 0 aliphatic carbocycles. The molecule has 1 unspecified atom stereocenters. The number of benzene rings is 3. The van der Waals surface area contributed by atoms with Crippen molar-refractivity contribution in [2.24, 2.45) is 0 Å². The molecule has 0 aliphatic heterocycles. The predicted molar refractivity (Wildman–Crippen MR) is 141 cm³/mol. The van der Waals surface area contributed by atoms with Crippen LogP contribution in [0.1, 0.15) is 16.7 Å². The zero-order valence-electron chi connectivity index (χ0n) is 19.8. The highest BCUT2D eigenvalue weighted by Crippen LogP contribution is 2.22. The largest absolute Gasteiger partial charge is 0.480 e. The van der Waals surface area contributed by atoms with E-state index in [1.54, 1.807) is 18.3 Å². The fraction of sp³-hybridized carbons (Fsp3) is 0.143. The van der Waals surface area contributed by atoms with Gasteiger partial charge >= 0.3 is 5.97 Å². The predicted octanol–water partition coefficient (Wildman–Crippen LogP) is 4.62. The highest BCUT2D eigenvalue weighted by Gasteiger charge is 2.24. The van der Waals surface area contributed by atoms with E-state index in [9.17, 15) is 22.7 Å². The van der Waals surface area contributed by atoms with Gasteiger partial charge in [-0.3, -0.25) is 4.79 Å². The monoisotopic (exact) mass is 519 g/mol. The molecule has 3 aromatic carbocycles. The Kier molecular flexibility index (Phi) is 8.27. The van der Waals surface area contributed by atoms with Gasteiger partial charge in [-0.05, 0) is 64.6 Å². The highest BCUT2D eigenvalue weighted by molar-refractivity contribution is 7.88. The van der Waals surface area contributed by atoms with Crippen LogP contribution < -0.4 is 10.0 Å². The number of nitrogens with one attached hydrogen (secondary N) is 2. The summed E-state index contributed by atoms with van der Waals surface area (Å²) in [5.74, 6) is -1.41. The highest BCUT2D eigenvalue weighted by atomic mass is 32.2. The third-order valence-corrected chi connectivity index (χ3v) is 7.04. The van der Waals surface area contributed by atoms with Gasteiger partial charge in [0.2, 0.25) is 10.0 Å². The van der Waals surface area contributed by atoms with Crippen molar-refractivity contribution in [1.29, 1.82) is 0 Å². The second-order valence-electron chi connectivity index (χ2n) is 8.56. The number of carboxylic acid groups (broad SMARTS) is 1. The molecule has 0 saturated heterocycles. The van der Waals surface area contributed by atoms with Crippen molar-refractivity contribution in [3.63, 3.8) is 0 Å². The molecule has 0 aliphatic rings. The lowest BCUT2D eigenvalue weighted by Crippen LogP contribution is -2.42. The summed E-state index contributed by atoms with van der Waals surface area (Å²) in [6.07, 6.45) is 1.71. The molecule has 0 amide bonds. The summed E-state index contributed by atoms with van der Waals surface area (Å²) in [4.78, 5) is 16.0. The summed E-state index contributed by atoms with van der Waals surface area (Å²) in [6, 6.07) is 24.7. The van der Waals surface area contributed by atoms with Crippen molar-refractivity contribution in [1.82, 2.24) is 9.71 Å². The number of rotatable bonds is 11. The molecule has 0 spiro atoms. The normalized spacial score (nSPS) is 12.1. The Labute approximate surface area is 215 Å². The van der Waals surface area contributed by atoms with Crippen LogP contribution in [-0.4, -0.2) is 30.5 Å². The molecule has 37 heavy (non-hydrogen) atoms. The number of carbonyl (C=O) groups is 1. The van der Waals surface area contributed by atoms with E-state index < -0.39 is 33.6 Å². The van der Waals surface area contributed by atoms with E-state index in [2.05, 4.69) is 21.1 Å². The molecule has 4 aromatic rings. The number of pyridine rings is 1. The minimum absolute atomic E-state index is 0.0215. The molecular weight excluding hydrogens is 493 g/mol. The molecule has 3 N–H and O–H groups in total. The number of aromatic nitrogens is 1. The maximum absolute atomic E-state index is 13.1. The minimum Gasteiger partial charge on any atom is -0.480 e. The van der Waals surface area contributed by atoms with Crippen LogP contribution in [0.4, 0.5) is 10.2 Å². The molecule has 0 saturated carbocycles. The maximum atomic E-state index is 13.1. The van der Waals surface area contributed by atoms with Gasteiger partial charge in [-0.25, -0.2) is 22.5 Å². The Hall–Kier alpha value is -4.08. The average molecular weight is 520 g/mol. The lowest BCUT2D eigenvalue weighted by atomic mass is 9.99. The topological polar surface area (TPSA) is 108 Å². The van der Waals surface area contributed by atoms with Crippen LogP contribution in [0.15, 0.2) is 97.2 Å². The van der Waals surface area contributed by atoms with E-state index in [1.807, 2.05) is 48.5 Å². The standard InChI is InChI=1S/C28H26FN3O4S/c29-25-13-9-21(10-14-25)19-37(35,36)32-26(28(33)34)17-20-7-11-23(12-8-20)24-5-3-4-22(16-24)18-31-27-6-1-2-15-30-27/h1-16,26,32H,17-19H2,(H,30,31)(H,33,34). The van der Waals surface area contributed by atoms with Gasteiger partial charge < -0.3 is 10.4 Å². The van der Waals surface area contributed by atoms with Crippen molar-refractivity contribution in [3.05, 3.63) is 120 Å². The number of hydrogen-bond donors (Lipinski definition) is 3. The van der Waals surface area contributed by atoms with Gasteiger partial charge in [-0.2, -0.15) is 0 Å². The SMILES string of the molecule is O=C(O)C(Cc1ccc(-c2cccc(CNc3ccccn3)c2)cc1)NS(=O)(=O)Cc1ccc(F)cc1. The zero-order chi connectivity index (χ0) is 26.3. The van der Waals surface area contributed by atoms with Crippen molar-refractivity contribution >= 4 is 21.8 Å². The molecule has 1 aromatic heterocycles. The first kappa shape index (κ1) is 26.0. The zero-order valence-corrected chi connectivity index (χ0v) is 20.7. The van der Waals surface area contributed by atoms with Crippen molar-refractivity contribution in [3.8, 4) is 11.1 Å². The molecule has 0 bridgehead atoms. The smallest absolute Gasteiger partial charge is 0.322 e. The number of aliphatic carboxylic acids is 1. The second-order valence-corrected chi connectivity index (χ2v) is 10.3. The third-order valence-electron chi connectivity index (χ3n) is 5.68. The third kappa shape index (κ3) is 7.70. The van der Waals surface area contributed by atoms with Gasteiger partial charge in [-0.15, -0.1) is 0 Å². The summed E-state index contributed by atoms with van der Waals surface area (Å²) in [7, 11) is -3.96. The number of hydrogen-bond acceptors (Lipinski definition) is 5. The van der Waals surface area contributed by atoms with Gasteiger partial charge in [0.15, 0.2) is 0 Å². The van der Waals surface area contributed by atoms with E-state index in [0.29, 0.717) is 17.7 Å². The number of halogens is 1. The first-order valence-electron chi connectivity index (χ1n) is 11.6. The number of anilines is 1. The maximum Gasteiger partial charge on any atom is 0.322 e.